The first-order valence-electron chi connectivity index (χ1n) is 11.1. The number of amides is 1. The van der Waals surface area contributed by atoms with Gasteiger partial charge in [-0.15, -0.1) is 0 Å². The van der Waals surface area contributed by atoms with Crippen LogP contribution in [0.15, 0.2) is 6.20 Å². The Balaban J connectivity index is 1.21. The van der Waals surface area contributed by atoms with E-state index in [0.717, 1.165) is 63.5 Å². The third-order valence-corrected chi connectivity index (χ3v) is 7.87. The summed E-state index contributed by atoms with van der Waals surface area (Å²) in [5, 5.41) is 14.1. The Labute approximate surface area is 165 Å². The van der Waals surface area contributed by atoms with Crippen LogP contribution in [0.3, 0.4) is 0 Å². The lowest BCUT2D eigenvalue weighted by atomic mass is 9.52. The van der Waals surface area contributed by atoms with Crippen molar-refractivity contribution in [1.82, 2.24) is 15.3 Å². The number of nitrogens with zero attached hydrogens (tertiary/aromatic N) is 2. The van der Waals surface area contributed by atoms with Crippen LogP contribution >= 0.6 is 0 Å². The minimum Gasteiger partial charge on any atom is -0.460 e. The molecule has 0 spiro atoms. The maximum absolute atomic E-state index is 13.2. The maximum Gasteiger partial charge on any atom is 0.316 e. The molecule has 6 saturated carbocycles. The molecule has 6 aliphatic carbocycles. The monoisotopic (exact) mass is 383 g/mol. The molecular formula is C22H29N3O3. The molecule has 0 aliphatic heterocycles. The summed E-state index contributed by atoms with van der Waals surface area (Å²) in [5.41, 5.74) is 1.01. The van der Waals surface area contributed by atoms with E-state index in [2.05, 4.69) is 15.3 Å². The Morgan fingerprint density at radius 3 is 2.50 bits per heavy atom. The lowest BCUT2D eigenvalue weighted by Crippen LogP contribution is -2.61. The van der Waals surface area contributed by atoms with Gasteiger partial charge in [-0.3, -0.25) is 4.79 Å². The summed E-state index contributed by atoms with van der Waals surface area (Å²) in [6.45, 7) is 0. The average Bonchev–Trinajstić information content (AvgIpc) is 3.44. The molecule has 1 aromatic rings. The molecule has 2 unspecified atom stereocenters. The van der Waals surface area contributed by atoms with Crippen molar-refractivity contribution in [2.75, 3.05) is 0 Å². The second-order valence-electron chi connectivity index (χ2n) is 10.1. The average molecular weight is 383 g/mol. The van der Waals surface area contributed by atoms with Crippen molar-refractivity contribution in [3.8, 4) is 6.01 Å². The lowest BCUT2D eigenvalue weighted by molar-refractivity contribution is -0.136. The van der Waals surface area contributed by atoms with Gasteiger partial charge < -0.3 is 15.2 Å². The minimum absolute atomic E-state index is 0.0402. The number of carbonyl (C=O) groups excluding carboxylic acids is 1. The van der Waals surface area contributed by atoms with E-state index in [9.17, 15) is 9.90 Å². The summed E-state index contributed by atoms with van der Waals surface area (Å²) < 4.78 is 5.86. The number of hydrogen-bond acceptors (Lipinski definition) is 5. The SMILES string of the molecule is O=C(NC1C2CC3CC1CC(O)(C3)C2)c1cnc(OC2CCC2)nc1C1CC1. The van der Waals surface area contributed by atoms with Crippen LogP contribution in [0.1, 0.15) is 86.2 Å². The zero-order chi connectivity index (χ0) is 18.9. The molecule has 0 aromatic carbocycles. The van der Waals surface area contributed by atoms with Crippen LogP contribution in [0.2, 0.25) is 0 Å². The van der Waals surface area contributed by atoms with Gasteiger partial charge in [-0.1, -0.05) is 0 Å². The predicted molar refractivity (Wildman–Crippen MR) is 102 cm³/mol. The fourth-order valence-electron chi connectivity index (χ4n) is 6.36. The van der Waals surface area contributed by atoms with Gasteiger partial charge >= 0.3 is 6.01 Å². The van der Waals surface area contributed by atoms with Gasteiger partial charge in [-0.2, -0.15) is 4.98 Å². The Kier molecular flexibility index (Phi) is 3.78. The van der Waals surface area contributed by atoms with Crippen LogP contribution in [0, 0.1) is 17.8 Å². The highest BCUT2D eigenvalue weighted by Gasteiger charge is 2.55. The highest BCUT2D eigenvalue weighted by atomic mass is 16.5. The van der Waals surface area contributed by atoms with E-state index < -0.39 is 5.60 Å². The molecule has 0 radical (unpaired) electrons. The van der Waals surface area contributed by atoms with Gasteiger partial charge in [-0.25, -0.2) is 4.98 Å². The van der Waals surface area contributed by atoms with Gasteiger partial charge in [0.15, 0.2) is 0 Å². The number of aliphatic hydroxyl groups is 1. The molecule has 150 valence electrons. The minimum atomic E-state index is -0.472. The van der Waals surface area contributed by atoms with Crippen molar-refractivity contribution in [3.63, 3.8) is 0 Å². The number of ether oxygens (including phenoxy) is 1. The highest BCUT2D eigenvalue weighted by molar-refractivity contribution is 5.95. The van der Waals surface area contributed by atoms with Crippen molar-refractivity contribution in [3.05, 3.63) is 17.5 Å². The fourth-order valence-corrected chi connectivity index (χ4v) is 6.36. The van der Waals surface area contributed by atoms with E-state index in [1.54, 1.807) is 6.20 Å². The van der Waals surface area contributed by atoms with E-state index >= 15 is 0 Å². The molecule has 2 N–H and O–H groups in total. The molecule has 7 rings (SSSR count). The predicted octanol–water partition coefficient (Wildman–Crippen LogP) is 2.95. The highest BCUT2D eigenvalue weighted by Crippen LogP contribution is 2.55. The fraction of sp³-hybridized carbons (Fsp3) is 0.773. The molecule has 4 bridgehead atoms. The van der Waals surface area contributed by atoms with Crippen LogP contribution in [0.25, 0.3) is 0 Å². The molecule has 6 fully saturated rings. The second kappa shape index (κ2) is 6.15. The lowest BCUT2D eigenvalue weighted by Gasteiger charge is -2.58. The summed E-state index contributed by atoms with van der Waals surface area (Å²) in [7, 11) is 0. The van der Waals surface area contributed by atoms with Crippen LogP contribution in [-0.4, -0.2) is 38.7 Å². The molecular weight excluding hydrogens is 354 g/mol. The van der Waals surface area contributed by atoms with Crippen molar-refractivity contribution in [2.45, 2.75) is 87.9 Å². The number of carbonyl (C=O) groups is 1. The maximum atomic E-state index is 13.2. The molecule has 1 aromatic heterocycles. The van der Waals surface area contributed by atoms with Crippen molar-refractivity contribution in [2.24, 2.45) is 17.8 Å². The van der Waals surface area contributed by atoms with Crippen LogP contribution in [0.4, 0.5) is 0 Å². The molecule has 1 amide bonds. The van der Waals surface area contributed by atoms with E-state index in [1.165, 1.54) is 6.42 Å². The van der Waals surface area contributed by atoms with Crippen LogP contribution in [0.5, 0.6) is 6.01 Å². The first-order valence-corrected chi connectivity index (χ1v) is 11.1. The van der Waals surface area contributed by atoms with Gasteiger partial charge in [0.05, 0.1) is 16.9 Å². The van der Waals surface area contributed by atoms with Gasteiger partial charge in [-0.05, 0) is 82.0 Å². The first-order chi connectivity index (χ1) is 13.6. The molecule has 6 aliphatic rings. The van der Waals surface area contributed by atoms with E-state index in [-0.39, 0.29) is 18.1 Å². The van der Waals surface area contributed by atoms with Crippen molar-refractivity contribution < 1.29 is 14.6 Å². The third kappa shape index (κ3) is 2.92. The Bertz CT molecular complexity index is 788. The van der Waals surface area contributed by atoms with Gasteiger partial charge in [0.2, 0.25) is 0 Å². The topological polar surface area (TPSA) is 84.3 Å². The van der Waals surface area contributed by atoms with E-state index in [0.29, 0.717) is 35.2 Å². The first kappa shape index (κ1) is 17.2. The van der Waals surface area contributed by atoms with Crippen LogP contribution in [-0.2, 0) is 0 Å². The Morgan fingerprint density at radius 1 is 1.14 bits per heavy atom. The number of rotatable bonds is 5. The quantitative estimate of drug-likeness (QED) is 0.817. The summed E-state index contributed by atoms with van der Waals surface area (Å²) in [6.07, 6.45) is 12.4. The summed E-state index contributed by atoms with van der Waals surface area (Å²) in [6, 6.07) is 0.613. The van der Waals surface area contributed by atoms with Crippen molar-refractivity contribution in [1.29, 1.82) is 0 Å². The standard InChI is InChI=1S/C22H29N3O3/c26-20(24-18-14-6-12-7-15(18)10-22(27,8-12)9-14)17-11-23-21(28-16-2-1-3-16)25-19(17)13-4-5-13/h11-16,18,27H,1-10H2,(H,24,26). The second-order valence-corrected chi connectivity index (χ2v) is 10.1. The molecule has 6 nitrogen and oxygen atoms in total. The summed E-state index contributed by atoms with van der Waals surface area (Å²) in [4.78, 5) is 22.2. The normalized spacial score (nSPS) is 38.9. The van der Waals surface area contributed by atoms with Gasteiger partial charge in [0, 0.05) is 18.2 Å². The van der Waals surface area contributed by atoms with Gasteiger partial charge in [0.25, 0.3) is 5.91 Å². The number of nitrogens with one attached hydrogen (secondary N) is 1. The van der Waals surface area contributed by atoms with E-state index in [1.807, 2.05) is 0 Å². The molecule has 0 saturated heterocycles. The molecule has 6 heteroatoms. The van der Waals surface area contributed by atoms with Crippen molar-refractivity contribution >= 4 is 5.91 Å². The largest absolute Gasteiger partial charge is 0.460 e. The van der Waals surface area contributed by atoms with Gasteiger partial charge in [0.1, 0.15) is 6.10 Å². The summed E-state index contributed by atoms with van der Waals surface area (Å²) in [5.74, 6) is 1.79. The van der Waals surface area contributed by atoms with Crippen LogP contribution < -0.4 is 10.1 Å². The number of aromatic nitrogens is 2. The smallest absolute Gasteiger partial charge is 0.316 e. The molecule has 2 atom stereocenters. The van der Waals surface area contributed by atoms with E-state index in [4.69, 9.17) is 4.74 Å². The molecule has 28 heavy (non-hydrogen) atoms. The Hall–Kier alpha value is -1.69. The molecule has 1 heterocycles. The zero-order valence-corrected chi connectivity index (χ0v) is 16.3. The Morgan fingerprint density at radius 2 is 1.89 bits per heavy atom. The third-order valence-electron chi connectivity index (χ3n) is 7.87. The summed E-state index contributed by atoms with van der Waals surface area (Å²) >= 11 is 0. The number of hydrogen-bond donors (Lipinski definition) is 2. The zero-order valence-electron chi connectivity index (χ0n) is 16.3.